The molecule has 0 aliphatic rings. The molecule has 0 atom stereocenters. The minimum atomic E-state index is -4.37. The number of thiocarbonyl (C=S) groups is 1. The predicted octanol–water partition coefficient (Wildman–Crippen LogP) is 1.94. The van der Waals surface area contributed by atoms with Crippen molar-refractivity contribution in [3.05, 3.63) is 29.3 Å². The average Bonchev–Trinajstić information content (AvgIpc) is 2.37. The van der Waals surface area contributed by atoms with Gasteiger partial charge in [0.05, 0.1) is 19.9 Å². The number of ether oxygens (including phenoxy) is 2. The second-order valence-electron chi connectivity index (χ2n) is 3.91. The number of rotatable bonds is 6. The molecule has 0 radical (unpaired) electrons. The first-order chi connectivity index (χ1) is 9.81. The van der Waals surface area contributed by atoms with Crippen LogP contribution in [0.2, 0.25) is 0 Å². The quantitative estimate of drug-likeness (QED) is 0.476. The van der Waals surface area contributed by atoms with Crippen LogP contribution in [0.5, 0.6) is 5.75 Å². The molecule has 0 fully saturated rings. The smallest absolute Gasteiger partial charge is 0.411 e. The second-order valence-corrected chi connectivity index (χ2v) is 4.35. The number of methoxy groups -OCH3 is 1. The summed E-state index contributed by atoms with van der Waals surface area (Å²) in [7, 11) is 1.42. The minimum Gasteiger partial charge on any atom is -0.496 e. The van der Waals surface area contributed by atoms with Crippen LogP contribution in [0.3, 0.4) is 0 Å². The highest BCUT2D eigenvalue weighted by Gasteiger charge is 2.27. The number of benzene rings is 1. The van der Waals surface area contributed by atoms with Crippen molar-refractivity contribution < 1.29 is 22.6 Å². The second kappa shape index (κ2) is 7.79. The van der Waals surface area contributed by atoms with E-state index < -0.39 is 12.8 Å². The third kappa shape index (κ3) is 6.91. The predicted molar refractivity (Wildman–Crippen MR) is 76.2 cm³/mol. The Morgan fingerprint density at radius 3 is 2.76 bits per heavy atom. The van der Waals surface area contributed by atoms with E-state index in [4.69, 9.17) is 10.5 Å². The molecule has 0 amide bonds. The van der Waals surface area contributed by atoms with E-state index in [2.05, 4.69) is 27.5 Å². The molecule has 1 rings (SSSR count). The van der Waals surface area contributed by atoms with E-state index in [1.807, 2.05) is 0 Å². The fraction of sp³-hybridized carbons (Fsp3) is 0.333. The highest BCUT2D eigenvalue weighted by atomic mass is 32.1. The lowest BCUT2D eigenvalue weighted by atomic mass is 10.1. The van der Waals surface area contributed by atoms with E-state index in [1.165, 1.54) is 13.3 Å². The third-order valence-electron chi connectivity index (χ3n) is 2.22. The van der Waals surface area contributed by atoms with Crippen LogP contribution in [0.1, 0.15) is 11.1 Å². The molecule has 1 aromatic rings. The molecular formula is C12H14F3N3O2S. The van der Waals surface area contributed by atoms with Crippen LogP contribution in [0, 0.1) is 0 Å². The van der Waals surface area contributed by atoms with Crippen LogP contribution in [0.4, 0.5) is 13.2 Å². The Morgan fingerprint density at radius 2 is 2.19 bits per heavy atom. The minimum absolute atomic E-state index is 0.00787. The van der Waals surface area contributed by atoms with Crippen molar-refractivity contribution in [2.75, 3.05) is 13.7 Å². The van der Waals surface area contributed by atoms with Crippen LogP contribution >= 0.6 is 12.2 Å². The highest BCUT2D eigenvalue weighted by molar-refractivity contribution is 7.80. The summed E-state index contributed by atoms with van der Waals surface area (Å²) in [6.07, 6.45) is -2.95. The Labute approximate surface area is 124 Å². The van der Waals surface area contributed by atoms with Crippen molar-refractivity contribution in [1.82, 2.24) is 5.43 Å². The maximum atomic E-state index is 12.1. The molecular weight excluding hydrogens is 307 g/mol. The van der Waals surface area contributed by atoms with Crippen molar-refractivity contribution >= 4 is 23.5 Å². The molecule has 0 bridgehead atoms. The molecule has 0 saturated carbocycles. The summed E-state index contributed by atoms with van der Waals surface area (Å²) in [5.41, 5.74) is 8.67. The maximum absolute atomic E-state index is 12.1. The fourth-order valence-electron chi connectivity index (χ4n) is 1.44. The largest absolute Gasteiger partial charge is 0.496 e. The molecule has 0 spiro atoms. The number of nitrogens with two attached hydrogens (primary N) is 1. The van der Waals surface area contributed by atoms with Gasteiger partial charge >= 0.3 is 6.18 Å². The van der Waals surface area contributed by atoms with Gasteiger partial charge in [0.15, 0.2) is 5.11 Å². The Morgan fingerprint density at radius 1 is 1.48 bits per heavy atom. The molecule has 0 aromatic heterocycles. The van der Waals surface area contributed by atoms with Gasteiger partial charge in [0.2, 0.25) is 0 Å². The average molecular weight is 321 g/mol. The van der Waals surface area contributed by atoms with Crippen LogP contribution in [-0.4, -0.2) is 31.2 Å². The first-order valence-corrected chi connectivity index (χ1v) is 6.12. The van der Waals surface area contributed by atoms with Gasteiger partial charge in [0, 0.05) is 5.56 Å². The molecule has 9 heteroatoms. The van der Waals surface area contributed by atoms with Crippen LogP contribution in [0.25, 0.3) is 0 Å². The molecule has 3 N–H and O–H groups in total. The van der Waals surface area contributed by atoms with Crippen molar-refractivity contribution in [3.8, 4) is 5.75 Å². The molecule has 0 aliphatic carbocycles. The molecule has 0 unspecified atom stereocenters. The van der Waals surface area contributed by atoms with Gasteiger partial charge in [-0.15, -0.1) is 0 Å². The zero-order chi connectivity index (χ0) is 15.9. The highest BCUT2D eigenvalue weighted by Crippen LogP contribution is 2.22. The molecule has 5 nitrogen and oxygen atoms in total. The maximum Gasteiger partial charge on any atom is 0.411 e. The van der Waals surface area contributed by atoms with Crippen molar-refractivity contribution in [2.24, 2.45) is 10.8 Å². The first kappa shape index (κ1) is 17.2. The van der Waals surface area contributed by atoms with E-state index in [1.54, 1.807) is 18.2 Å². The van der Waals surface area contributed by atoms with Gasteiger partial charge in [-0.1, -0.05) is 0 Å². The summed E-state index contributed by atoms with van der Waals surface area (Å²) in [5.74, 6) is 0.427. The molecule has 0 saturated heterocycles. The summed E-state index contributed by atoms with van der Waals surface area (Å²) < 4.78 is 45.8. The van der Waals surface area contributed by atoms with Gasteiger partial charge in [-0.05, 0) is 36.0 Å². The topological polar surface area (TPSA) is 68.9 Å². The summed E-state index contributed by atoms with van der Waals surface area (Å²) in [4.78, 5) is 0. The Hall–Kier alpha value is -1.87. The molecule has 0 heterocycles. The molecule has 0 aliphatic heterocycles. The number of hydrogen-bond donors (Lipinski definition) is 2. The SMILES string of the molecule is COc1ccc(C=NNC(N)=S)cc1COCC(F)(F)F. The number of nitrogens with zero attached hydrogens (tertiary/aromatic N) is 1. The van der Waals surface area contributed by atoms with E-state index in [0.29, 0.717) is 16.9 Å². The van der Waals surface area contributed by atoms with Gasteiger partial charge < -0.3 is 15.2 Å². The lowest BCUT2D eigenvalue weighted by Crippen LogP contribution is -2.24. The van der Waals surface area contributed by atoms with E-state index in [-0.39, 0.29) is 11.7 Å². The standard InChI is InChI=1S/C12H14F3N3O2S/c1-19-10-3-2-8(5-17-18-11(16)21)4-9(10)6-20-7-12(13,14)15/h2-5H,6-7H2,1H3,(H3,16,18,21). The van der Waals surface area contributed by atoms with Crippen molar-refractivity contribution in [2.45, 2.75) is 12.8 Å². The fourth-order valence-corrected chi connectivity index (χ4v) is 1.49. The molecule has 1 aromatic carbocycles. The third-order valence-corrected chi connectivity index (χ3v) is 2.31. The van der Waals surface area contributed by atoms with Crippen LogP contribution in [0.15, 0.2) is 23.3 Å². The van der Waals surface area contributed by atoms with E-state index in [9.17, 15) is 13.2 Å². The van der Waals surface area contributed by atoms with Crippen LogP contribution in [-0.2, 0) is 11.3 Å². The Kier molecular flexibility index (Phi) is 6.38. The van der Waals surface area contributed by atoms with Crippen molar-refractivity contribution in [3.63, 3.8) is 0 Å². The monoisotopic (exact) mass is 321 g/mol. The lowest BCUT2D eigenvalue weighted by Gasteiger charge is -2.11. The van der Waals surface area contributed by atoms with Crippen molar-refractivity contribution in [1.29, 1.82) is 0 Å². The summed E-state index contributed by atoms with van der Waals surface area (Å²) >= 11 is 4.57. The summed E-state index contributed by atoms with van der Waals surface area (Å²) in [6.45, 7) is -1.55. The number of nitrogens with one attached hydrogen (secondary N) is 1. The van der Waals surface area contributed by atoms with Crippen LogP contribution < -0.4 is 15.9 Å². The summed E-state index contributed by atoms with van der Waals surface area (Å²) in [5, 5.41) is 3.76. The van der Waals surface area contributed by atoms with Gasteiger partial charge in [-0.25, -0.2) is 0 Å². The lowest BCUT2D eigenvalue weighted by molar-refractivity contribution is -0.176. The number of halogens is 3. The number of alkyl halides is 3. The molecule has 116 valence electrons. The van der Waals surface area contributed by atoms with Gasteiger partial charge in [-0.2, -0.15) is 18.3 Å². The Bertz CT molecular complexity index is 521. The number of hydrazone groups is 1. The number of hydrogen-bond acceptors (Lipinski definition) is 4. The normalized spacial score (nSPS) is 11.6. The van der Waals surface area contributed by atoms with E-state index >= 15 is 0 Å². The van der Waals surface area contributed by atoms with Gasteiger partial charge in [-0.3, -0.25) is 5.43 Å². The van der Waals surface area contributed by atoms with Gasteiger partial charge in [0.25, 0.3) is 0 Å². The zero-order valence-electron chi connectivity index (χ0n) is 11.1. The zero-order valence-corrected chi connectivity index (χ0v) is 11.9. The van der Waals surface area contributed by atoms with E-state index in [0.717, 1.165) is 0 Å². The van der Waals surface area contributed by atoms with Gasteiger partial charge in [0.1, 0.15) is 12.4 Å². The molecule has 21 heavy (non-hydrogen) atoms. The first-order valence-electron chi connectivity index (χ1n) is 5.72. The Balaban J connectivity index is 2.75. The summed E-state index contributed by atoms with van der Waals surface area (Å²) in [6, 6.07) is 4.88.